The van der Waals surface area contributed by atoms with Gasteiger partial charge in [-0.05, 0) is 29.8 Å². The van der Waals surface area contributed by atoms with E-state index in [0.29, 0.717) is 35.2 Å². The lowest BCUT2D eigenvalue weighted by Gasteiger charge is -2.21. The first-order valence-electron chi connectivity index (χ1n) is 9.94. The lowest BCUT2D eigenvalue weighted by molar-refractivity contribution is -0.0420. The number of rotatable bonds is 13. The van der Waals surface area contributed by atoms with Crippen molar-refractivity contribution in [2.75, 3.05) is 55.4 Å². The van der Waals surface area contributed by atoms with Gasteiger partial charge in [0.15, 0.2) is 36.6 Å². The van der Waals surface area contributed by atoms with Crippen molar-refractivity contribution in [1.29, 1.82) is 0 Å². The third-order valence-corrected chi connectivity index (χ3v) is 4.93. The normalized spacial score (nSPS) is 16.9. The lowest BCUT2D eigenvalue weighted by atomic mass is 9.90. The largest absolute Gasteiger partial charge is 0.493 e. The summed E-state index contributed by atoms with van der Waals surface area (Å²) in [5.41, 5.74) is 2.12. The molecule has 1 heterocycles. The molecule has 0 aliphatic carbocycles. The van der Waals surface area contributed by atoms with E-state index in [1.54, 1.807) is 39.5 Å². The van der Waals surface area contributed by atoms with Gasteiger partial charge in [0.25, 0.3) is 0 Å². The van der Waals surface area contributed by atoms with Crippen molar-refractivity contribution in [2.24, 2.45) is 0 Å². The summed E-state index contributed by atoms with van der Waals surface area (Å²) >= 11 is 0. The number of carbonyl (C=O) groups is 1. The maximum atomic E-state index is 11.5. The molecule has 0 radical (unpaired) electrons. The third-order valence-electron chi connectivity index (χ3n) is 4.93. The smallest absolute Gasteiger partial charge is 0.188 e. The second-order valence-corrected chi connectivity index (χ2v) is 6.99. The first-order chi connectivity index (χ1) is 15.7. The standard InChI is InChI=1S/C23H28O9/c1-25-12-29-11-18-17-7-15(10-24)8-21(31-14-27-3)23(17)32-22(18)16-5-6-19(30-13-26-2)20(9-16)28-4/h5-10,18,22H,11-14H2,1-4H3/t18-,22+/m1/s1. The van der Waals surface area contributed by atoms with Crippen molar-refractivity contribution in [1.82, 2.24) is 0 Å². The molecular formula is C23H28O9. The number of fused-ring (bicyclic) bond motifs is 1. The van der Waals surface area contributed by atoms with Crippen LogP contribution in [0.2, 0.25) is 0 Å². The Kier molecular flexibility index (Phi) is 8.69. The minimum absolute atomic E-state index is 0.0208. The zero-order valence-electron chi connectivity index (χ0n) is 18.6. The van der Waals surface area contributed by atoms with Crippen LogP contribution in [0.15, 0.2) is 30.3 Å². The van der Waals surface area contributed by atoms with E-state index in [4.69, 9.17) is 37.9 Å². The quantitative estimate of drug-likeness (QED) is 0.260. The summed E-state index contributed by atoms with van der Waals surface area (Å²) in [5.74, 6) is 1.84. The van der Waals surface area contributed by atoms with Crippen molar-refractivity contribution < 1.29 is 42.7 Å². The van der Waals surface area contributed by atoms with Crippen molar-refractivity contribution in [3.63, 3.8) is 0 Å². The van der Waals surface area contributed by atoms with E-state index in [2.05, 4.69) is 0 Å². The van der Waals surface area contributed by atoms with Crippen LogP contribution in [-0.4, -0.2) is 61.7 Å². The fourth-order valence-electron chi connectivity index (χ4n) is 3.56. The highest BCUT2D eigenvalue weighted by molar-refractivity contribution is 5.78. The Morgan fingerprint density at radius 3 is 2.25 bits per heavy atom. The predicted molar refractivity (Wildman–Crippen MR) is 114 cm³/mol. The topological polar surface area (TPSA) is 90.9 Å². The molecule has 0 amide bonds. The molecule has 0 saturated heterocycles. The van der Waals surface area contributed by atoms with Crippen molar-refractivity contribution >= 4 is 6.29 Å². The van der Waals surface area contributed by atoms with Gasteiger partial charge in [0, 0.05) is 32.5 Å². The fourth-order valence-corrected chi connectivity index (χ4v) is 3.56. The summed E-state index contributed by atoms with van der Waals surface area (Å²) in [5, 5.41) is 0. The Balaban J connectivity index is 1.99. The molecule has 32 heavy (non-hydrogen) atoms. The first-order valence-corrected chi connectivity index (χ1v) is 9.94. The Bertz CT molecular complexity index is 899. The van der Waals surface area contributed by atoms with Gasteiger partial charge >= 0.3 is 0 Å². The Morgan fingerprint density at radius 2 is 1.59 bits per heavy atom. The molecule has 2 atom stereocenters. The third kappa shape index (κ3) is 5.31. The van der Waals surface area contributed by atoms with Crippen LogP contribution in [0.5, 0.6) is 23.0 Å². The summed E-state index contributed by atoms with van der Waals surface area (Å²) in [6.07, 6.45) is 0.352. The average molecular weight is 448 g/mol. The molecule has 2 aromatic carbocycles. The van der Waals surface area contributed by atoms with Crippen LogP contribution in [0.1, 0.15) is 33.5 Å². The van der Waals surface area contributed by atoms with E-state index in [1.807, 2.05) is 12.1 Å². The van der Waals surface area contributed by atoms with Crippen LogP contribution in [0.4, 0.5) is 0 Å². The summed E-state index contributed by atoms with van der Waals surface area (Å²) in [7, 11) is 6.19. The van der Waals surface area contributed by atoms with Crippen LogP contribution in [-0.2, 0) is 18.9 Å². The van der Waals surface area contributed by atoms with Crippen LogP contribution in [0.3, 0.4) is 0 Å². The molecule has 0 bridgehead atoms. The summed E-state index contributed by atoms with van der Waals surface area (Å²) in [6.45, 7) is 0.560. The van der Waals surface area contributed by atoms with E-state index < -0.39 is 6.10 Å². The minimum Gasteiger partial charge on any atom is -0.493 e. The molecule has 0 aromatic heterocycles. The minimum atomic E-state index is -0.418. The van der Waals surface area contributed by atoms with Gasteiger partial charge in [0.1, 0.15) is 19.2 Å². The molecule has 0 unspecified atom stereocenters. The molecular weight excluding hydrogens is 420 g/mol. The van der Waals surface area contributed by atoms with Crippen LogP contribution < -0.4 is 18.9 Å². The van der Waals surface area contributed by atoms with Gasteiger partial charge in [-0.2, -0.15) is 0 Å². The maximum absolute atomic E-state index is 11.5. The van der Waals surface area contributed by atoms with Crippen molar-refractivity contribution in [3.8, 4) is 23.0 Å². The molecule has 3 rings (SSSR count). The highest BCUT2D eigenvalue weighted by Crippen LogP contribution is 2.51. The number of ether oxygens (including phenoxy) is 8. The van der Waals surface area contributed by atoms with Gasteiger partial charge in [-0.15, -0.1) is 0 Å². The summed E-state index contributed by atoms with van der Waals surface area (Å²) in [6, 6.07) is 8.95. The number of carbonyl (C=O) groups excluding carboxylic acids is 1. The predicted octanol–water partition coefficient (Wildman–Crippen LogP) is 3.31. The number of benzene rings is 2. The maximum Gasteiger partial charge on any atom is 0.188 e. The molecule has 1 aliphatic heterocycles. The Labute approximate surface area is 187 Å². The number of methoxy groups -OCH3 is 4. The Hall–Kier alpha value is -2.85. The zero-order chi connectivity index (χ0) is 22.9. The molecule has 9 heteroatoms. The lowest BCUT2D eigenvalue weighted by Crippen LogP contribution is -2.16. The molecule has 174 valence electrons. The highest BCUT2D eigenvalue weighted by atomic mass is 16.7. The van der Waals surface area contributed by atoms with Gasteiger partial charge in [0.2, 0.25) is 0 Å². The molecule has 2 aromatic rings. The second kappa shape index (κ2) is 11.7. The zero-order valence-corrected chi connectivity index (χ0v) is 18.6. The molecule has 9 nitrogen and oxygen atoms in total. The van der Waals surface area contributed by atoms with E-state index in [9.17, 15) is 4.79 Å². The van der Waals surface area contributed by atoms with Gasteiger partial charge in [0.05, 0.1) is 19.6 Å². The highest BCUT2D eigenvalue weighted by Gasteiger charge is 2.38. The fraction of sp³-hybridized carbons (Fsp3) is 0.435. The van der Waals surface area contributed by atoms with E-state index in [0.717, 1.165) is 17.4 Å². The van der Waals surface area contributed by atoms with E-state index >= 15 is 0 Å². The van der Waals surface area contributed by atoms with Gasteiger partial charge < -0.3 is 37.9 Å². The van der Waals surface area contributed by atoms with Gasteiger partial charge in [-0.1, -0.05) is 6.07 Å². The number of hydrogen-bond acceptors (Lipinski definition) is 9. The van der Waals surface area contributed by atoms with Gasteiger partial charge in [-0.25, -0.2) is 0 Å². The van der Waals surface area contributed by atoms with E-state index in [1.165, 1.54) is 7.11 Å². The van der Waals surface area contributed by atoms with Crippen LogP contribution in [0, 0.1) is 0 Å². The van der Waals surface area contributed by atoms with Crippen molar-refractivity contribution in [3.05, 3.63) is 47.0 Å². The van der Waals surface area contributed by atoms with Gasteiger partial charge in [-0.3, -0.25) is 4.79 Å². The summed E-state index contributed by atoms with van der Waals surface area (Å²) in [4.78, 5) is 11.5. The number of aldehydes is 1. The van der Waals surface area contributed by atoms with E-state index in [-0.39, 0.29) is 26.3 Å². The molecule has 0 N–H and O–H groups in total. The van der Waals surface area contributed by atoms with Crippen LogP contribution >= 0.6 is 0 Å². The average Bonchev–Trinajstić information content (AvgIpc) is 3.19. The van der Waals surface area contributed by atoms with Crippen molar-refractivity contribution in [2.45, 2.75) is 12.0 Å². The van der Waals surface area contributed by atoms with Crippen LogP contribution in [0.25, 0.3) is 0 Å². The molecule has 0 spiro atoms. The summed E-state index contributed by atoms with van der Waals surface area (Å²) < 4.78 is 43.8. The monoisotopic (exact) mass is 448 g/mol. The molecule has 0 saturated carbocycles. The first kappa shape index (κ1) is 23.8. The Morgan fingerprint density at radius 1 is 0.875 bits per heavy atom. The molecule has 0 fully saturated rings. The number of hydrogen-bond donors (Lipinski definition) is 0. The SMILES string of the molecule is COCOC[C@@H]1c2cc(C=O)cc(OCOC)c2O[C@H]1c1ccc(OCOC)c(OC)c1. The second-order valence-electron chi connectivity index (χ2n) is 6.99. The molecule has 1 aliphatic rings.